The summed E-state index contributed by atoms with van der Waals surface area (Å²) in [5, 5.41) is 2.65. The lowest BCUT2D eigenvalue weighted by Gasteiger charge is -2.16. The van der Waals surface area contributed by atoms with Crippen molar-refractivity contribution in [3.8, 4) is 22.3 Å². The van der Waals surface area contributed by atoms with Gasteiger partial charge in [-0.05, 0) is 81.6 Å². The highest BCUT2D eigenvalue weighted by Crippen LogP contribution is 2.36. The monoisotopic (exact) mass is 424 g/mol. The highest BCUT2D eigenvalue weighted by molar-refractivity contribution is 6.01. The second kappa shape index (κ2) is 9.30. The van der Waals surface area contributed by atoms with Gasteiger partial charge in [0.15, 0.2) is 0 Å². The predicted molar refractivity (Wildman–Crippen MR) is 143 cm³/mol. The minimum Gasteiger partial charge on any atom is -0.0955 e. The van der Waals surface area contributed by atoms with Crippen LogP contribution in [0.3, 0.4) is 0 Å². The molecule has 0 nitrogen and oxygen atoms in total. The van der Waals surface area contributed by atoms with Crippen molar-refractivity contribution in [3.63, 3.8) is 0 Å². The van der Waals surface area contributed by atoms with Gasteiger partial charge in [0, 0.05) is 0 Å². The third-order valence-electron chi connectivity index (χ3n) is 6.36. The Hall–Kier alpha value is -3.90. The van der Waals surface area contributed by atoms with E-state index in [4.69, 9.17) is 0 Å². The van der Waals surface area contributed by atoms with E-state index in [1.807, 2.05) is 0 Å². The highest BCUT2D eigenvalue weighted by atomic mass is 14.2. The van der Waals surface area contributed by atoms with Crippen molar-refractivity contribution in [1.29, 1.82) is 0 Å². The van der Waals surface area contributed by atoms with E-state index < -0.39 is 0 Å². The molecule has 0 heterocycles. The average Bonchev–Trinajstić information content (AvgIpc) is 2.88. The van der Waals surface area contributed by atoms with Gasteiger partial charge in [-0.15, -0.1) is 0 Å². The molecule has 0 aromatic heterocycles. The van der Waals surface area contributed by atoms with Crippen LogP contribution >= 0.6 is 0 Å². The van der Waals surface area contributed by atoms with Crippen molar-refractivity contribution in [2.75, 3.05) is 0 Å². The molecule has 0 aliphatic rings. The number of hydrogen-bond donors (Lipinski definition) is 0. The molecule has 0 aliphatic carbocycles. The van der Waals surface area contributed by atoms with Crippen molar-refractivity contribution in [2.24, 2.45) is 0 Å². The average molecular weight is 425 g/mol. The minimum absolute atomic E-state index is 0.998. The first-order valence-electron chi connectivity index (χ1n) is 11.6. The molecule has 5 rings (SSSR count). The van der Waals surface area contributed by atoms with Crippen LogP contribution in [0, 0.1) is 0 Å². The van der Waals surface area contributed by atoms with Crippen molar-refractivity contribution in [2.45, 2.75) is 19.8 Å². The van der Waals surface area contributed by atoms with E-state index in [0.717, 1.165) is 18.4 Å². The van der Waals surface area contributed by atoms with E-state index in [9.17, 15) is 0 Å². The predicted octanol–water partition coefficient (Wildman–Crippen LogP) is 8.99. The summed E-state index contributed by atoms with van der Waals surface area (Å²) in [7, 11) is 0. The first kappa shape index (κ1) is 21.0. The molecule has 0 atom stereocenters. The summed E-state index contributed by atoms with van der Waals surface area (Å²) >= 11 is 0. The molecule has 160 valence electrons. The number of rotatable bonds is 6. The fourth-order valence-corrected chi connectivity index (χ4v) is 4.63. The molecule has 0 saturated carbocycles. The lowest BCUT2D eigenvalue weighted by Crippen LogP contribution is -1.96. The minimum atomic E-state index is 0.998. The first-order valence-corrected chi connectivity index (χ1v) is 11.6. The number of benzene rings is 5. The molecule has 0 fully saturated rings. The standard InChI is InChI=1S/C33H28/c1-24(2)27-15-9-16-28(21-27)31-22-29-17-10-18-32(26-13-7-4-8-14-26)33(29)30(23-31)20-19-25-11-5-3-6-12-25/h3-18,21-23H,1,19-20H2,2H3. The first-order chi connectivity index (χ1) is 16.2. The molecule has 0 bridgehead atoms. The lowest BCUT2D eigenvalue weighted by atomic mass is 9.88. The lowest BCUT2D eigenvalue weighted by molar-refractivity contribution is 0.970. The molecule has 0 heteroatoms. The van der Waals surface area contributed by atoms with Crippen molar-refractivity contribution in [3.05, 3.63) is 139 Å². The van der Waals surface area contributed by atoms with Crippen LogP contribution in [0.25, 0.3) is 38.6 Å². The maximum absolute atomic E-state index is 4.14. The Bertz CT molecular complexity index is 1410. The summed E-state index contributed by atoms with van der Waals surface area (Å²) < 4.78 is 0. The van der Waals surface area contributed by atoms with E-state index in [0.29, 0.717) is 0 Å². The zero-order valence-corrected chi connectivity index (χ0v) is 19.1. The van der Waals surface area contributed by atoms with Crippen molar-refractivity contribution < 1.29 is 0 Å². The molecule has 0 unspecified atom stereocenters. The van der Waals surface area contributed by atoms with Crippen LogP contribution < -0.4 is 0 Å². The van der Waals surface area contributed by atoms with Gasteiger partial charge in [-0.25, -0.2) is 0 Å². The molecule has 0 radical (unpaired) electrons. The summed E-state index contributed by atoms with van der Waals surface area (Å²) in [6.07, 6.45) is 2.02. The second-order valence-electron chi connectivity index (χ2n) is 8.75. The summed E-state index contributed by atoms with van der Waals surface area (Å²) in [4.78, 5) is 0. The Labute approximate surface area is 196 Å². The Morgan fingerprint density at radius 3 is 2.06 bits per heavy atom. The van der Waals surface area contributed by atoms with E-state index in [1.165, 1.54) is 49.7 Å². The highest BCUT2D eigenvalue weighted by Gasteiger charge is 2.12. The Kier molecular flexibility index (Phi) is 5.91. The van der Waals surface area contributed by atoms with Crippen molar-refractivity contribution in [1.82, 2.24) is 0 Å². The van der Waals surface area contributed by atoms with Gasteiger partial charge in [0.2, 0.25) is 0 Å². The number of fused-ring (bicyclic) bond motifs is 1. The molecule has 0 spiro atoms. The maximum atomic E-state index is 4.14. The number of aryl methyl sites for hydroxylation is 2. The number of allylic oxidation sites excluding steroid dienone is 1. The van der Waals surface area contributed by atoms with E-state index in [2.05, 4.69) is 129 Å². The van der Waals surface area contributed by atoms with Crippen LogP contribution in [0.15, 0.2) is 122 Å². The Balaban J connectivity index is 1.68. The molecule has 5 aromatic carbocycles. The topological polar surface area (TPSA) is 0 Å². The Morgan fingerprint density at radius 1 is 0.606 bits per heavy atom. The van der Waals surface area contributed by atoms with Gasteiger partial charge < -0.3 is 0 Å². The van der Waals surface area contributed by atoms with Crippen LogP contribution in [0.4, 0.5) is 0 Å². The van der Waals surface area contributed by atoms with Gasteiger partial charge >= 0.3 is 0 Å². The van der Waals surface area contributed by atoms with Gasteiger partial charge in [-0.3, -0.25) is 0 Å². The molecular formula is C33H28. The van der Waals surface area contributed by atoms with E-state index in [-0.39, 0.29) is 0 Å². The third-order valence-corrected chi connectivity index (χ3v) is 6.36. The second-order valence-corrected chi connectivity index (χ2v) is 8.75. The fraction of sp³-hybridized carbons (Fsp3) is 0.0909. The Morgan fingerprint density at radius 2 is 1.30 bits per heavy atom. The van der Waals surface area contributed by atoms with Gasteiger partial charge in [-0.1, -0.05) is 115 Å². The molecular weight excluding hydrogens is 396 g/mol. The van der Waals surface area contributed by atoms with Crippen LogP contribution in [0.5, 0.6) is 0 Å². The van der Waals surface area contributed by atoms with Crippen LogP contribution in [0.1, 0.15) is 23.6 Å². The number of hydrogen-bond acceptors (Lipinski definition) is 0. The van der Waals surface area contributed by atoms with Gasteiger partial charge in [-0.2, -0.15) is 0 Å². The summed E-state index contributed by atoms with van der Waals surface area (Å²) in [5.41, 5.74) is 10.1. The normalized spacial score (nSPS) is 10.9. The SMILES string of the molecule is C=C(C)c1cccc(-c2cc(CCc3ccccc3)c3c(-c4ccccc4)cccc3c2)c1. The van der Waals surface area contributed by atoms with Gasteiger partial charge in [0.1, 0.15) is 0 Å². The summed E-state index contributed by atoms with van der Waals surface area (Å²) in [5.74, 6) is 0. The van der Waals surface area contributed by atoms with Crippen LogP contribution in [0.2, 0.25) is 0 Å². The summed E-state index contributed by atoms with van der Waals surface area (Å²) in [6.45, 7) is 6.20. The molecule has 0 N–H and O–H groups in total. The molecule has 0 saturated heterocycles. The quantitative estimate of drug-likeness (QED) is 0.255. The van der Waals surface area contributed by atoms with Gasteiger partial charge in [0.05, 0.1) is 0 Å². The van der Waals surface area contributed by atoms with E-state index >= 15 is 0 Å². The summed E-state index contributed by atoms with van der Waals surface area (Å²) in [6, 6.07) is 41.7. The zero-order chi connectivity index (χ0) is 22.6. The van der Waals surface area contributed by atoms with Crippen molar-refractivity contribution >= 4 is 16.3 Å². The van der Waals surface area contributed by atoms with Crippen LogP contribution in [-0.4, -0.2) is 0 Å². The fourth-order valence-electron chi connectivity index (χ4n) is 4.63. The zero-order valence-electron chi connectivity index (χ0n) is 19.1. The smallest absolute Gasteiger partial charge is 0.00728 e. The molecule has 0 aliphatic heterocycles. The largest absolute Gasteiger partial charge is 0.0955 e. The molecule has 33 heavy (non-hydrogen) atoms. The molecule has 5 aromatic rings. The van der Waals surface area contributed by atoms with Crippen LogP contribution in [-0.2, 0) is 12.8 Å². The third kappa shape index (κ3) is 4.52. The van der Waals surface area contributed by atoms with E-state index in [1.54, 1.807) is 0 Å². The van der Waals surface area contributed by atoms with Gasteiger partial charge in [0.25, 0.3) is 0 Å². The maximum Gasteiger partial charge on any atom is -0.00728 e. The molecule has 0 amide bonds.